The van der Waals surface area contributed by atoms with Crippen molar-refractivity contribution in [2.75, 3.05) is 0 Å². The Hall–Kier alpha value is -0.900. The van der Waals surface area contributed by atoms with Gasteiger partial charge in [-0.1, -0.05) is 13.0 Å². The molecule has 1 N–H and O–H groups in total. The average molecular weight is 174 g/mol. The third kappa shape index (κ3) is 1.64. The summed E-state index contributed by atoms with van der Waals surface area (Å²) in [5.41, 5.74) is 0. The van der Waals surface area contributed by atoms with Gasteiger partial charge in [0.25, 0.3) is 5.85 Å². The summed E-state index contributed by atoms with van der Waals surface area (Å²) in [5, 5.41) is 9.08. The van der Waals surface area contributed by atoms with Crippen LogP contribution in [-0.4, -0.2) is 23.0 Å². The molecule has 0 fully saturated rings. The molecule has 0 radical (unpaired) electrons. The number of hydrogen-bond donors (Lipinski definition) is 1. The van der Waals surface area contributed by atoms with Gasteiger partial charge in [-0.2, -0.15) is 4.39 Å². The third-order valence-corrected chi connectivity index (χ3v) is 1.72. The molecule has 0 aromatic carbocycles. The van der Waals surface area contributed by atoms with Gasteiger partial charge in [0.05, 0.1) is 0 Å². The van der Waals surface area contributed by atoms with Gasteiger partial charge in [0.15, 0.2) is 0 Å². The molecule has 1 rings (SSSR count). The summed E-state index contributed by atoms with van der Waals surface area (Å²) in [7, 11) is 0. The molecule has 0 aromatic heterocycles. The summed E-state index contributed by atoms with van der Waals surface area (Å²) in [6.45, 7) is 1.57. The quantitative estimate of drug-likeness (QED) is 0.500. The van der Waals surface area contributed by atoms with Crippen molar-refractivity contribution in [3.05, 3.63) is 12.2 Å². The van der Waals surface area contributed by atoms with E-state index in [1.165, 1.54) is 6.08 Å². The van der Waals surface area contributed by atoms with Crippen LogP contribution in [0.15, 0.2) is 12.2 Å². The molecule has 0 bridgehead atoms. The van der Waals surface area contributed by atoms with E-state index in [0.29, 0.717) is 0 Å². The highest BCUT2D eigenvalue weighted by Crippen LogP contribution is 2.29. The normalized spacial score (nSPS) is 33.8. The highest BCUT2D eigenvalue weighted by molar-refractivity contribution is 5.69. The lowest BCUT2D eigenvalue weighted by molar-refractivity contribution is -0.189. The van der Waals surface area contributed by atoms with Gasteiger partial charge in [0.1, 0.15) is 6.10 Å². The molecule has 3 nitrogen and oxygen atoms in total. The average Bonchev–Trinajstić information content (AvgIpc) is 2.32. The largest absolute Gasteiger partial charge is 0.422 e. The molecule has 68 valence electrons. The van der Waals surface area contributed by atoms with E-state index >= 15 is 0 Å². The second kappa shape index (κ2) is 3.23. The van der Waals surface area contributed by atoms with Gasteiger partial charge in [0.2, 0.25) is 0 Å². The lowest BCUT2D eigenvalue weighted by atomic mass is 10.2. The van der Waals surface area contributed by atoms with Gasteiger partial charge >= 0.3 is 5.97 Å². The number of rotatable bonds is 2. The fourth-order valence-electron chi connectivity index (χ4n) is 0.978. The molecular formula is C8H11FO3. The van der Waals surface area contributed by atoms with E-state index < -0.39 is 17.9 Å². The molecular weight excluding hydrogens is 163 g/mol. The molecule has 0 aromatic rings. The number of alkyl halides is 1. The second-order valence-corrected chi connectivity index (χ2v) is 2.68. The molecule has 0 heterocycles. The van der Waals surface area contributed by atoms with Crippen molar-refractivity contribution >= 4 is 5.97 Å². The van der Waals surface area contributed by atoms with Gasteiger partial charge < -0.3 is 9.84 Å². The molecule has 4 heteroatoms. The molecule has 0 unspecified atom stereocenters. The molecule has 0 saturated carbocycles. The summed E-state index contributed by atoms with van der Waals surface area (Å²) in [6.07, 6.45) is 1.56. The smallest absolute Gasteiger partial charge is 0.308 e. The van der Waals surface area contributed by atoms with Crippen molar-refractivity contribution in [2.45, 2.75) is 31.7 Å². The molecule has 0 amide bonds. The van der Waals surface area contributed by atoms with E-state index in [9.17, 15) is 9.18 Å². The van der Waals surface area contributed by atoms with Gasteiger partial charge in [-0.15, -0.1) is 0 Å². The highest BCUT2D eigenvalue weighted by Gasteiger charge is 2.42. The number of aliphatic hydroxyl groups is 1. The summed E-state index contributed by atoms with van der Waals surface area (Å²) in [6, 6.07) is 0. The van der Waals surface area contributed by atoms with Crippen molar-refractivity contribution in [3.8, 4) is 0 Å². The minimum absolute atomic E-state index is 0.103. The Morgan fingerprint density at radius 1 is 1.92 bits per heavy atom. The molecule has 1 aliphatic carbocycles. The van der Waals surface area contributed by atoms with Crippen LogP contribution in [0.1, 0.15) is 19.8 Å². The maximum atomic E-state index is 13.4. The zero-order valence-electron chi connectivity index (χ0n) is 6.79. The number of carbonyl (C=O) groups excluding carboxylic acids is 1. The summed E-state index contributed by atoms with van der Waals surface area (Å²) >= 11 is 0. The van der Waals surface area contributed by atoms with Crippen molar-refractivity contribution in [2.24, 2.45) is 0 Å². The van der Waals surface area contributed by atoms with Crippen molar-refractivity contribution in [3.63, 3.8) is 0 Å². The van der Waals surface area contributed by atoms with Crippen LogP contribution in [-0.2, 0) is 9.53 Å². The first-order valence-corrected chi connectivity index (χ1v) is 3.85. The predicted molar refractivity (Wildman–Crippen MR) is 40.0 cm³/mol. The minimum Gasteiger partial charge on any atom is -0.422 e. The van der Waals surface area contributed by atoms with Crippen LogP contribution in [0.3, 0.4) is 0 Å². The van der Waals surface area contributed by atoms with Crippen molar-refractivity contribution in [1.82, 2.24) is 0 Å². The number of esters is 1. The van der Waals surface area contributed by atoms with Crippen LogP contribution in [0.4, 0.5) is 4.39 Å². The number of hydrogen-bond acceptors (Lipinski definition) is 3. The summed E-state index contributed by atoms with van der Waals surface area (Å²) < 4.78 is 17.8. The number of aliphatic hydroxyl groups excluding tert-OH is 1. The Kier molecular flexibility index (Phi) is 2.47. The van der Waals surface area contributed by atoms with Gasteiger partial charge in [-0.05, 0) is 12.5 Å². The van der Waals surface area contributed by atoms with E-state index in [2.05, 4.69) is 4.74 Å². The lowest BCUT2D eigenvalue weighted by Gasteiger charge is -2.22. The lowest BCUT2D eigenvalue weighted by Crippen LogP contribution is -2.37. The topological polar surface area (TPSA) is 46.5 Å². The van der Waals surface area contributed by atoms with Crippen molar-refractivity contribution < 1.29 is 19.0 Å². The van der Waals surface area contributed by atoms with E-state index in [0.717, 1.165) is 6.08 Å². The summed E-state index contributed by atoms with van der Waals surface area (Å²) in [5.74, 6) is -2.95. The van der Waals surface area contributed by atoms with Crippen LogP contribution in [0.2, 0.25) is 0 Å². The fourth-order valence-corrected chi connectivity index (χ4v) is 0.978. The van der Waals surface area contributed by atoms with Gasteiger partial charge in [0, 0.05) is 6.42 Å². The van der Waals surface area contributed by atoms with E-state index in [4.69, 9.17) is 5.11 Å². The minimum atomic E-state index is -2.30. The van der Waals surface area contributed by atoms with Crippen LogP contribution in [0.5, 0.6) is 0 Å². The van der Waals surface area contributed by atoms with Crippen LogP contribution in [0, 0.1) is 0 Å². The number of carbonyl (C=O) groups is 1. The van der Waals surface area contributed by atoms with Crippen LogP contribution in [0.25, 0.3) is 0 Å². The highest BCUT2D eigenvalue weighted by atomic mass is 19.2. The summed E-state index contributed by atoms with van der Waals surface area (Å²) in [4.78, 5) is 10.7. The molecule has 2 atom stereocenters. The van der Waals surface area contributed by atoms with Crippen LogP contribution < -0.4 is 0 Å². The number of halogens is 1. The van der Waals surface area contributed by atoms with E-state index in [1.807, 2.05) is 0 Å². The Bertz CT molecular complexity index is 214. The van der Waals surface area contributed by atoms with Gasteiger partial charge in [-0.3, -0.25) is 4.79 Å². The first-order chi connectivity index (χ1) is 5.58. The first-order valence-electron chi connectivity index (χ1n) is 3.85. The zero-order chi connectivity index (χ0) is 9.19. The van der Waals surface area contributed by atoms with Crippen LogP contribution >= 0.6 is 0 Å². The predicted octanol–water partition coefficient (Wildman–Crippen LogP) is 0.926. The molecule has 0 saturated heterocycles. The molecule has 0 aliphatic heterocycles. The maximum Gasteiger partial charge on any atom is 0.308 e. The molecule has 0 spiro atoms. The fraction of sp³-hybridized carbons (Fsp3) is 0.625. The van der Waals surface area contributed by atoms with Gasteiger partial charge in [-0.25, -0.2) is 0 Å². The number of ether oxygens (including phenoxy) is 1. The van der Waals surface area contributed by atoms with E-state index in [-0.39, 0.29) is 12.8 Å². The Morgan fingerprint density at radius 3 is 3.00 bits per heavy atom. The SMILES string of the molecule is CCC(=O)O[C@@]1(F)C=CC[C@@H]1O. The second-order valence-electron chi connectivity index (χ2n) is 2.68. The zero-order valence-corrected chi connectivity index (χ0v) is 6.79. The Morgan fingerprint density at radius 2 is 2.58 bits per heavy atom. The van der Waals surface area contributed by atoms with E-state index in [1.54, 1.807) is 6.92 Å². The Labute approximate surface area is 69.8 Å². The molecule has 1 aliphatic rings. The monoisotopic (exact) mass is 174 g/mol. The molecule has 12 heavy (non-hydrogen) atoms. The standard InChI is InChI=1S/C8H11FO3/c1-2-7(11)12-8(9)5-3-4-6(8)10/h3,5-6,10H,2,4H2,1H3/t6-,8-/m0/s1. The Balaban J connectivity index is 2.60. The maximum absolute atomic E-state index is 13.4. The first kappa shape index (κ1) is 9.19. The van der Waals surface area contributed by atoms with Crippen molar-refractivity contribution in [1.29, 1.82) is 0 Å². The third-order valence-electron chi connectivity index (χ3n) is 1.72.